The van der Waals surface area contributed by atoms with Gasteiger partial charge in [0.25, 0.3) is 0 Å². The van der Waals surface area contributed by atoms with E-state index in [1.165, 1.54) is 0 Å². The molecule has 1 aliphatic carbocycles. The summed E-state index contributed by atoms with van der Waals surface area (Å²) >= 11 is 1.97. The topological polar surface area (TPSA) is 49.4 Å². The van der Waals surface area contributed by atoms with Gasteiger partial charge in [-0.3, -0.25) is 9.59 Å². The first-order valence-corrected chi connectivity index (χ1v) is 10.1. The molecule has 0 spiro atoms. The van der Waals surface area contributed by atoms with Crippen LogP contribution in [-0.4, -0.2) is 47.4 Å². The van der Waals surface area contributed by atoms with Gasteiger partial charge in [0.2, 0.25) is 11.8 Å². The molecule has 1 N–H and O–H groups in total. The molecule has 2 saturated heterocycles. The maximum absolute atomic E-state index is 12.8. The van der Waals surface area contributed by atoms with Gasteiger partial charge in [-0.15, -0.1) is 0 Å². The van der Waals surface area contributed by atoms with Gasteiger partial charge in [-0.05, 0) is 50.0 Å². The summed E-state index contributed by atoms with van der Waals surface area (Å²) in [5.41, 5.74) is 0. The van der Waals surface area contributed by atoms with Gasteiger partial charge in [0.1, 0.15) is 0 Å². The maximum Gasteiger partial charge on any atom is 0.226 e. The number of nitrogens with zero attached hydrogens (tertiary/aromatic N) is 1. The Morgan fingerprint density at radius 3 is 2.18 bits per heavy atom. The molecule has 3 rings (SSSR count). The molecule has 0 radical (unpaired) electrons. The number of rotatable bonds is 3. The molecule has 2 aliphatic heterocycles. The van der Waals surface area contributed by atoms with Gasteiger partial charge in [0, 0.05) is 31.0 Å². The third kappa shape index (κ3) is 3.79. The second kappa shape index (κ2) is 7.71. The second-order valence-electron chi connectivity index (χ2n) is 6.93. The molecule has 3 aliphatic rings. The van der Waals surface area contributed by atoms with Crippen molar-refractivity contribution in [3.05, 3.63) is 0 Å². The molecule has 124 valence electrons. The predicted octanol–water partition coefficient (Wildman–Crippen LogP) is 2.43. The SMILES string of the molecule is O=C(NC1CCSCC1)[C@H]1CCCC[C@@H]1C(=O)N1CCCC1. The summed E-state index contributed by atoms with van der Waals surface area (Å²) in [5.74, 6) is 2.53. The maximum atomic E-state index is 12.8. The number of likely N-dealkylation sites (tertiary alicyclic amines) is 1. The Bertz CT molecular complexity index is 403. The van der Waals surface area contributed by atoms with Crippen molar-refractivity contribution in [2.45, 2.75) is 57.4 Å². The molecule has 1 saturated carbocycles. The van der Waals surface area contributed by atoms with Gasteiger partial charge in [-0.1, -0.05) is 12.8 Å². The minimum atomic E-state index is -0.0866. The largest absolute Gasteiger partial charge is 0.353 e. The minimum absolute atomic E-state index is 0.0650. The van der Waals surface area contributed by atoms with Crippen molar-refractivity contribution in [2.24, 2.45) is 11.8 Å². The van der Waals surface area contributed by atoms with E-state index in [0.29, 0.717) is 6.04 Å². The molecule has 4 nitrogen and oxygen atoms in total. The van der Waals surface area contributed by atoms with E-state index in [0.717, 1.165) is 76.0 Å². The summed E-state index contributed by atoms with van der Waals surface area (Å²) in [6, 6.07) is 0.332. The third-order valence-corrected chi connectivity index (χ3v) is 6.45. The Morgan fingerprint density at radius 2 is 1.50 bits per heavy atom. The fourth-order valence-electron chi connectivity index (χ4n) is 4.06. The van der Waals surface area contributed by atoms with Crippen molar-refractivity contribution in [2.75, 3.05) is 24.6 Å². The van der Waals surface area contributed by atoms with Crippen LogP contribution >= 0.6 is 11.8 Å². The lowest BCUT2D eigenvalue weighted by molar-refractivity contribution is -0.143. The molecule has 0 aromatic rings. The van der Waals surface area contributed by atoms with Crippen molar-refractivity contribution in [3.63, 3.8) is 0 Å². The molecule has 3 fully saturated rings. The summed E-state index contributed by atoms with van der Waals surface area (Å²) in [6.45, 7) is 1.78. The Balaban J connectivity index is 1.60. The van der Waals surface area contributed by atoms with E-state index in [-0.39, 0.29) is 23.7 Å². The van der Waals surface area contributed by atoms with Gasteiger partial charge < -0.3 is 10.2 Å². The van der Waals surface area contributed by atoms with Crippen LogP contribution in [0.25, 0.3) is 0 Å². The fraction of sp³-hybridized carbons (Fsp3) is 0.882. The number of carbonyl (C=O) groups excluding carboxylic acids is 2. The Kier molecular flexibility index (Phi) is 5.66. The first-order chi connectivity index (χ1) is 10.8. The lowest BCUT2D eigenvalue weighted by atomic mass is 9.77. The summed E-state index contributed by atoms with van der Waals surface area (Å²) in [7, 11) is 0. The van der Waals surface area contributed by atoms with Crippen molar-refractivity contribution in [1.82, 2.24) is 10.2 Å². The van der Waals surface area contributed by atoms with E-state index in [9.17, 15) is 9.59 Å². The Hall–Kier alpha value is -0.710. The zero-order valence-corrected chi connectivity index (χ0v) is 14.2. The third-order valence-electron chi connectivity index (χ3n) is 5.41. The fourth-order valence-corrected chi connectivity index (χ4v) is 5.17. The van der Waals surface area contributed by atoms with Crippen LogP contribution < -0.4 is 5.32 Å². The van der Waals surface area contributed by atoms with Gasteiger partial charge in [0.05, 0.1) is 0 Å². The Morgan fingerprint density at radius 1 is 0.864 bits per heavy atom. The average Bonchev–Trinajstić information content (AvgIpc) is 3.09. The number of hydrogen-bond donors (Lipinski definition) is 1. The molecular weight excluding hydrogens is 296 g/mol. The van der Waals surface area contributed by atoms with E-state index >= 15 is 0 Å². The average molecular weight is 324 g/mol. The first-order valence-electron chi connectivity index (χ1n) is 8.92. The van der Waals surface area contributed by atoms with Crippen molar-refractivity contribution >= 4 is 23.6 Å². The van der Waals surface area contributed by atoms with E-state index in [2.05, 4.69) is 5.32 Å². The molecule has 2 amide bonds. The minimum Gasteiger partial charge on any atom is -0.353 e. The normalized spacial score (nSPS) is 30.3. The number of hydrogen-bond acceptors (Lipinski definition) is 3. The van der Waals surface area contributed by atoms with Gasteiger partial charge in [-0.2, -0.15) is 11.8 Å². The van der Waals surface area contributed by atoms with Crippen LogP contribution in [0, 0.1) is 11.8 Å². The summed E-state index contributed by atoms with van der Waals surface area (Å²) in [4.78, 5) is 27.5. The zero-order valence-electron chi connectivity index (χ0n) is 13.4. The highest BCUT2D eigenvalue weighted by Gasteiger charge is 2.38. The van der Waals surface area contributed by atoms with Crippen LogP contribution in [0.2, 0.25) is 0 Å². The van der Waals surface area contributed by atoms with Crippen LogP contribution in [-0.2, 0) is 9.59 Å². The van der Waals surface area contributed by atoms with Crippen LogP contribution in [0.3, 0.4) is 0 Å². The number of amides is 2. The smallest absolute Gasteiger partial charge is 0.226 e. The first kappa shape index (κ1) is 16.2. The molecule has 2 heterocycles. The van der Waals surface area contributed by atoms with Crippen LogP contribution in [0.5, 0.6) is 0 Å². The highest BCUT2D eigenvalue weighted by atomic mass is 32.2. The summed E-state index contributed by atoms with van der Waals surface area (Å²) < 4.78 is 0. The van der Waals surface area contributed by atoms with Crippen LogP contribution in [0.4, 0.5) is 0 Å². The monoisotopic (exact) mass is 324 g/mol. The molecule has 0 bridgehead atoms. The van der Waals surface area contributed by atoms with Crippen molar-refractivity contribution in [1.29, 1.82) is 0 Å². The van der Waals surface area contributed by atoms with Gasteiger partial charge in [0.15, 0.2) is 0 Å². The highest BCUT2D eigenvalue weighted by Crippen LogP contribution is 2.33. The Labute approximate surface area is 137 Å². The molecule has 5 heteroatoms. The summed E-state index contributed by atoms with van der Waals surface area (Å²) in [6.07, 6.45) is 8.35. The van der Waals surface area contributed by atoms with Crippen molar-refractivity contribution in [3.8, 4) is 0 Å². The summed E-state index contributed by atoms with van der Waals surface area (Å²) in [5, 5.41) is 3.24. The number of carbonyl (C=O) groups is 2. The predicted molar refractivity (Wildman–Crippen MR) is 89.8 cm³/mol. The van der Waals surface area contributed by atoms with E-state index in [1.54, 1.807) is 0 Å². The van der Waals surface area contributed by atoms with E-state index in [4.69, 9.17) is 0 Å². The molecular formula is C17H28N2O2S. The molecule has 0 unspecified atom stereocenters. The lowest BCUT2D eigenvalue weighted by Crippen LogP contribution is -2.47. The number of thioether (sulfide) groups is 1. The van der Waals surface area contributed by atoms with Crippen LogP contribution in [0.1, 0.15) is 51.4 Å². The molecule has 22 heavy (non-hydrogen) atoms. The quantitative estimate of drug-likeness (QED) is 0.867. The molecule has 0 aromatic heterocycles. The van der Waals surface area contributed by atoms with Gasteiger partial charge in [-0.25, -0.2) is 0 Å². The van der Waals surface area contributed by atoms with Crippen LogP contribution in [0.15, 0.2) is 0 Å². The van der Waals surface area contributed by atoms with Crippen molar-refractivity contribution < 1.29 is 9.59 Å². The lowest BCUT2D eigenvalue weighted by Gasteiger charge is -2.34. The molecule has 2 atom stereocenters. The molecule has 0 aromatic carbocycles. The second-order valence-corrected chi connectivity index (χ2v) is 8.15. The van der Waals surface area contributed by atoms with E-state index in [1.807, 2.05) is 16.7 Å². The highest BCUT2D eigenvalue weighted by molar-refractivity contribution is 7.99. The number of nitrogens with one attached hydrogen (secondary N) is 1. The van der Waals surface area contributed by atoms with Gasteiger partial charge >= 0.3 is 0 Å². The standard InChI is InChI=1S/C17H28N2O2S/c20-16(18-13-7-11-22-12-8-13)14-5-1-2-6-15(14)17(21)19-9-3-4-10-19/h13-15H,1-12H2,(H,18,20)/t14-,15-/m0/s1. The van der Waals surface area contributed by atoms with E-state index < -0.39 is 0 Å². The zero-order chi connectivity index (χ0) is 15.4.